The molecule has 4 aromatic rings. The Morgan fingerprint density at radius 3 is 1.23 bits per heavy atom. The Kier molecular flexibility index (Phi) is 14.0. The molecule has 0 unspecified atom stereocenters. The Morgan fingerprint density at radius 1 is 0.550 bits per heavy atom. The number of aliphatic hydroxyl groups excluding tert-OH is 1. The lowest BCUT2D eigenvalue weighted by Gasteiger charge is -2.27. The third-order valence-electron chi connectivity index (χ3n) is 8.49. The summed E-state index contributed by atoms with van der Waals surface area (Å²) in [6.07, 6.45) is -24.4. The first kappa shape index (κ1) is 46.0. The zero-order valence-corrected chi connectivity index (χ0v) is 31.0. The average Bonchev–Trinajstić information content (AvgIpc) is 3.49. The highest BCUT2D eigenvalue weighted by Crippen LogP contribution is 2.54. The predicted molar refractivity (Wildman–Crippen MR) is 181 cm³/mol. The monoisotopic (exact) mass is 888 g/mol. The first-order chi connectivity index (χ1) is 28.0. The fourth-order valence-electron chi connectivity index (χ4n) is 5.72. The summed E-state index contributed by atoms with van der Waals surface area (Å²) in [5.74, 6) is -3.55. The standard InChI is InChI=1S/C38H29F12O9P/c39-35(40,41)26-13-5-1-9-22(26)18-54-32-31(58-34(52)33(32)55-19-23-10-2-6-14-27(23)36(42,43)44)30(17-51)59-60(53,56-20-24-11-3-7-15-28(24)37(45,46)47)57-21-25-12-4-8-16-29(25)38(48,49)50/h1-16,30-31,51H,17-21H2/t30-,31+/m0/s1. The highest BCUT2D eigenvalue weighted by molar-refractivity contribution is 7.48. The Labute approximate surface area is 331 Å². The van der Waals surface area contributed by atoms with Crippen molar-refractivity contribution in [1.29, 1.82) is 0 Å². The quantitative estimate of drug-likeness (QED) is 0.0668. The van der Waals surface area contributed by atoms with Gasteiger partial charge < -0.3 is 19.3 Å². The van der Waals surface area contributed by atoms with E-state index < -0.39 is 140 Å². The second-order valence-corrected chi connectivity index (χ2v) is 14.2. The molecule has 1 aliphatic heterocycles. The number of rotatable bonds is 16. The van der Waals surface area contributed by atoms with Gasteiger partial charge in [0.2, 0.25) is 5.76 Å². The molecule has 1 aliphatic rings. The molecule has 0 saturated heterocycles. The maximum Gasteiger partial charge on any atom is 0.475 e. The van der Waals surface area contributed by atoms with Crippen LogP contribution >= 0.6 is 7.82 Å². The van der Waals surface area contributed by atoms with Gasteiger partial charge in [0.25, 0.3) is 0 Å². The molecule has 0 radical (unpaired) electrons. The number of benzene rings is 4. The number of hydrogen-bond donors (Lipinski definition) is 1. The number of esters is 1. The first-order valence-corrected chi connectivity index (χ1v) is 18.5. The second-order valence-electron chi connectivity index (χ2n) is 12.5. The number of carbonyl (C=O) groups excluding carboxylic acids is 1. The molecule has 22 heteroatoms. The van der Waals surface area contributed by atoms with E-state index in [2.05, 4.69) is 0 Å². The molecular weight excluding hydrogens is 859 g/mol. The van der Waals surface area contributed by atoms with E-state index in [1.165, 1.54) is 12.1 Å². The number of ether oxygens (including phenoxy) is 3. The first-order valence-electron chi connectivity index (χ1n) is 17.0. The van der Waals surface area contributed by atoms with Crippen molar-refractivity contribution in [3.8, 4) is 0 Å². The molecule has 60 heavy (non-hydrogen) atoms. The van der Waals surface area contributed by atoms with Gasteiger partial charge in [0.1, 0.15) is 19.3 Å². The largest absolute Gasteiger partial charge is 0.485 e. The van der Waals surface area contributed by atoms with Crippen LogP contribution in [0.5, 0.6) is 0 Å². The summed E-state index contributed by atoms with van der Waals surface area (Å²) in [4.78, 5) is 13.2. The number of phosphoric ester groups is 1. The van der Waals surface area contributed by atoms with Gasteiger partial charge in [-0.25, -0.2) is 9.36 Å². The molecule has 4 aromatic carbocycles. The lowest BCUT2D eigenvalue weighted by atomic mass is 10.1. The summed E-state index contributed by atoms with van der Waals surface area (Å²) >= 11 is 0. The molecule has 1 heterocycles. The number of halogens is 12. The number of aliphatic hydroxyl groups is 1. The molecule has 0 spiro atoms. The van der Waals surface area contributed by atoms with Crippen LogP contribution in [0.25, 0.3) is 0 Å². The van der Waals surface area contributed by atoms with E-state index in [-0.39, 0.29) is 0 Å². The lowest BCUT2D eigenvalue weighted by molar-refractivity contribution is -0.149. The topological polar surface area (TPSA) is 110 Å². The molecule has 324 valence electrons. The van der Waals surface area contributed by atoms with Crippen molar-refractivity contribution in [3.05, 3.63) is 153 Å². The Hall–Kier alpha value is -5.08. The van der Waals surface area contributed by atoms with Crippen LogP contribution in [0, 0.1) is 0 Å². The summed E-state index contributed by atoms with van der Waals surface area (Å²) in [5.41, 5.74) is -7.50. The Morgan fingerprint density at radius 2 is 0.883 bits per heavy atom. The van der Waals surface area contributed by atoms with Crippen molar-refractivity contribution in [3.63, 3.8) is 0 Å². The third kappa shape index (κ3) is 11.4. The van der Waals surface area contributed by atoms with Crippen molar-refractivity contribution < 1.29 is 94.9 Å². The lowest BCUT2D eigenvalue weighted by Crippen LogP contribution is -2.35. The van der Waals surface area contributed by atoms with Gasteiger partial charge in [0.15, 0.2) is 11.9 Å². The van der Waals surface area contributed by atoms with Crippen molar-refractivity contribution in [2.75, 3.05) is 6.61 Å². The van der Waals surface area contributed by atoms with Crippen LogP contribution in [0.2, 0.25) is 0 Å². The molecule has 2 atom stereocenters. The number of phosphoric acid groups is 1. The predicted octanol–water partition coefficient (Wildman–Crippen LogP) is 10.6. The van der Waals surface area contributed by atoms with Crippen molar-refractivity contribution in [1.82, 2.24) is 0 Å². The maximum atomic E-state index is 14.3. The van der Waals surface area contributed by atoms with E-state index in [9.17, 15) is 67.2 Å². The van der Waals surface area contributed by atoms with Crippen molar-refractivity contribution in [2.24, 2.45) is 0 Å². The summed E-state index contributed by atoms with van der Waals surface area (Å²) in [6.45, 7) is -6.02. The van der Waals surface area contributed by atoms with E-state index >= 15 is 0 Å². The van der Waals surface area contributed by atoms with Gasteiger partial charge in [-0.3, -0.25) is 13.6 Å². The smallest absolute Gasteiger partial charge is 0.475 e. The normalized spacial score (nSPS) is 15.9. The summed E-state index contributed by atoms with van der Waals surface area (Å²) < 4.78 is 212. The summed E-state index contributed by atoms with van der Waals surface area (Å²) in [5, 5.41) is 10.4. The molecule has 0 fully saturated rings. The molecule has 0 amide bonds. The zero-order chi connectivity index (χ0) is 44.1. The van der Waals surface area contributed by atoms with Crippen LogP contribution < -0.4 is 0 Å². The minimum Gasteiger partial charge on any atom is -0.485 e. The SMILES string of the molecule is O=C1O[C@H]([C@H](CO)OP(=O)(OCc2ccccc2C(F)(F)F)OCc2ccccc2C(F)(F)F)C(OCc2ccccc2C(F)(F)F)=C1OCc1ccccc1C(F)(F)F. The average molecular weight is 889 g/mol. The van der Waals surface area contributed by atoms with Crippen LogP contribution in [0.15, 0.2) is 109 Å². The van der Waals surface area contributed by atoms with Crippen molar-refractivity contribution in [2.45, 2.75) is 63.3 Å². The number of carbonyl (C=O) groups is 1. The number of hydrogen-bond acceptors (Lipinski definition) is 9. The van der Waals surface area contributed by atoms with Gasteiger partial charge in [0.05, 0.1) is 42.1 Å². The molecule has 1 N–H and O–H groups in total. The Bertz CT molecular complexity index is 2150. The van der Waals surface area contributed by atoms with E-state index in [0.29, 0.717) is 24.3 Å². The molecule has 9 nitrogen and oxygen atoms in total. The molecule has 5 rings (SSSR count). The van der Waals surface area contributed by atoms with Gasteiger partial charge in [-0.2, -0.15) is 52.7 Å². The zero-order valence-electron chi connectivity index (χ0n) is 30.1. The van der Waals surface area contributed by atoms with Crippen LogP contribution in [0.1, 0.15) is 44.5 Å². The molecular formula is C38H29F12O9P. The second kappa shape index (κ2) is 18.3. The minimum atomic E-state index is -5.56. The number of alkyl halides is 12. The van der Waals surface area contributed by atoms with E-state index in [4.69, 9.17) is 27.8 Å². The van der Waals surface area contributed by atoms with Crippen molar-refractivity contribution >= 4 is 13.8 Å². The van der Waals surface area contributed by atoms with E-state index in [1.807, 2.05) is 0 Å². The van der Waals surface area contributed by atoms with E-state index in [0.717, 1.165) is 60.7 Å². The number of cyclic esters (lactones) is 1. The van der Waals surface area contributed by atoms with Gasteiger partial charge in [0, 0.05) is 11.1 Å². The highest BCUT2D eigenvalue weighted by Gasteiger charge is 2.47. The maximum absolute atomic E-state index is 14.3. The summed E-state index contributed by atoms with van der Waals surface area (Å²) in [7, 11) is -5.56. The molecule has 0 aromatic heterocycles. The van der Waals surface area contributed by atoms with Gasteiger partial charge in [-0.1, -0.05) is 72.8 Å². The molecule has 0 aliphatic carbocycles. The van der Waals surface area contributed by atoms with Gasteiger partial charge in [-0.05, 0) is 35.4 Å². The molecule has 0 bridgehead atoms. The van der Waals surface area contributed by atoms with E-state index in [1.54, 1.807) is 0 Å². The van der Waals surface area contributed by atoms with Crippen LogP contribution in [0.3, 0.4) is 0 Å². The van der Waals surface area contributed by atoms with Crippen LogP contribution in [-0.4, -0.2) is 29.9 Å². The summed E-state index contributed by atoms with van der Waals surface area (Å²) in [6, 6.07) is 15.1. The van der Waals surface area contributed by atoms with Crippen LogP contribution in [-0.2, 0) is 88.3 Å². The van der Waals surface area contributed by atoms with Gasteiger partial charge >= 0.3 is 38.5 Å². The fraction of sp³-hybridized carbons (Fsp3) is 0.289. The molecule has 0 saturated carbocycles. The Balaban J connectivity index is 1.53. The fourth-order valence-corrected chi connectivity index (χ4v) is 7.02. The van der Waals surface area contributed by atoms with Gasteiger partial charge in [-0.15, -0.1) is 0 Å². The van der Waals surface area contributed by atoms with Crippen LogP contribution in [0.4, 0.5) is 52.7 Å². The highest BCUT2D eigenvalue weighted by atomic mass is 31.2. The minimum absolute atomic E-state index is 0.546. The third-order valence-corrected chi connectivity index (χ3v) is 9.91.